The summed E-state index contributed by atoms with van der Waals surface area (Å²) in [4.78, 5) is 16.5. The molecule has 1 N–H and O–H groups in total. The maximum atomic E-state index is 12.1. The molecule has 0 radical (unpaired) electrons. The Bertz CT molecular complexity index is 896. The first-order chi connectivity index (χ1) is 13.1. The number of carbonyl (C=O) groups is 1. The minimum atomic E-state index is -0.0822. The molecule has 1 heterocycles. The van der Waals surface area contributed by atoms with Crippen molar-refractivity contribution in [1.82, 2.24) is 4.98 Å². The van der Waals surface area contributed by atoms with Gasteiger partial charge in [-0.2, -0.15) is 0 Å². The summed E-state index contributed by atoms with van der Waals surface area (Å²) < 4.78 is 10.8. The highest BCUT2D eigenvalue weighted by Gasteiger charge is 2.09. The van der Waals surface area contributed by atoms with Gasteiger partial charge in [0.1, 0.15) is 11.5 Å². The Balaban J connectivity index is 1.45. The van der Waals surface area contributed by atoms with Gasteiger partial charge in [-0.15, -0.1) is 11.3 Å². The van der Waals surface area contributed by atoms with E-state index in [1.807, 2.05) is 29.6 Å². The molecule has 3 rings (SSSR count). The number of amides is 1. The van der Waals surface area contributed by atoms with Gasteiger partial charge < -0.3 is 14.8 Å². The van der Waals surface area contributed by atoms with Crippen LogP contribution in [0.4, 0.5) is 5.13 Å². The Labute approximate surface area is 166 Å². The molecule has 7 heteroatoms. The monoisotopic (exact) mass is 402 g/mol. The zero-order valence-electron chi connectivity index (χ0n) is 14.8. The first-order valence-corrected chi connectivity index (χ1v) is 9.68. The van der Waals surface area contributed by atoms with E-state index in [4.69, 9.17) is 21.1 Å². The Hall–Kier alpha value is -2.57. The van der Waals surface area contributed by atoms with Gasteiger partial charge in [-0.3, -0.25) is 4.79 Å². The summed E-state index contributed by atoms with van der Waals surface area (Å²) in [5, 5.41) is 5.99. The number of carbonyl (C=O) groups excluding carboxylic acids is 1. The lowest BCUT2D eigenvalue weighted by atomic mass is 10.2. The van der Waals surface area contributed by atoms with Gasteiger partial charge in [-0.05, 0) is 42.8 Å². The van der Waals surface area contributed by atoms with Crippen LogP contribution >= 0.6 is 22.9 Å². The van der Waals surface area contributed by atoms with Gasteiger partial charge in [0, 0.05) is 22.4 Å². The number of halogens is 1. The van der Waals surface area contributed by atoms with Crippen LogP contribution in [-0.2, 0) is 4.79 Å². The van der Waals surface area contributed by atoms with Crippen molar-refractivity contribution < 1.29 is 14.3 Å². The van der Waals surface area contributed by atoms with Crippen LogP contribution in [0.1, 0.15) is 12.8 Å². The van der Waals surface area contributed by atoms with Crippen molar-refractivity contribution in [3.8, 4) is 22.8 Å². The zero-order chi connectivity index (χ0) is 19.1. The summed E-state index contributed by atoms with van der Waals surface area (Å²) in [5.74, 6) is 1.43. The fraction of sp³-hybridized carbons (Fsp3) is 0.200. The SMILES string of the molecule is COc1cccc(-c2csc(NC(=O)CCCOc3ccc(Cl)cc3)n2)c1. The molecule has 3 aromatic rings. The van der Waals surface area contributed by atoms with Gasteiger partial charge in [-0.1, -0.05) is 23.7 Å². The van der Waals surface area contributed by atoms with Crippen LogP contribution in [0.5, 0.6) is 11.5 Å². The number of nitrogens with zero attached hydrogens (tertiary/aromatic N) is 1. The van der Waals surface area contributed by atoms with E-state index in [9.17, 15) is 4.79 Å². The predicted molar refractivity (Wildman–Crippen MR) is 109 cm³/mol. The highest BCUT2D eigenvalue weighted by Crippen LogP contribution is 2.27. The summed E-state index contributed by atoms with van der Waals surface area (Å²) in [6, 6.07) is 14.8. The maximum absolute atomic E-state index is 12.1. The fourth-order valence-electron chi connectivity index (χ4n) is 2.38. The summed E-state index contributed by atoms with van der Waals surface area (Å²) in [6.07, 6.45) is 0.976. The largest absolute Gasteiger partial charge is 0.497 e. The van der Waals surface area contributed by atoms with Crippen LogP contribution < -0.4 is 14.8 Å². The number of methoxy groups -OCH3 is 1. The average molecular weight is 403 g/mol. The molecule has 27 heavy (non-hydrogen) atoms. The van der Waals surface area contributed by atoms with Crippen LogP contribution in [0.2, 0.25) is 5.02 Å². The van der Waals surface area contributed by atoms with Crippen molar-refractivity contribution in [3.05, 3.63) is 58.9 Å². The molecule has 0 aliphatic rings. The second-order valence-corrected chi connectivity index (χ2v) is 7.02. The maximum Gasteiger partial charge on any atom is 0.226 e. The normalized spacial score (nSPS) is 10.4. The van der Waals surface area contributed by atoms with Gasteiger partial charge >= 0.3 is 0 Å². The smallest absolute Gasteiger partial charge is 0.226 e. The first kappa shape index (κ1) is 19.2. The van der Waals surface area contributed by atoms with E-state index in [1.54, 1.807) is 31.4 Å². The quantitative estimate of drug-likeness (QED) is 0.521. The third kappa shape index (κ3) is 5.70. The number of hydrogen-bond acceptors (Lipinski definition) is 5. The fourth-order valence-corrected chi connectivity index (χ4v) is 3.24. The van der Waals surface area contributed by atoms with Crippen molar-refractivity contribution in [1.29, 1.82) is 0 Å². The second kappa shape index (κ2) is 9.39. The van der Waals surface area contributed by atoms with E-state index in [0.717, 1.165) is 22.8 Å². The summed E-state index contributed by atoms with van der Waals surface area (Å²) in [7, 11) is 1.63. The lowest BCUT2D eigenvalue weighted by molar-refractivity contribution is -0.116. The molecule has 0 aliphatic carbocycles. The standard InChI is InChI=1S/C20H19ClN2O3S/c1-25-17-5-2-4-14(12-17)18-13-27-20(22-18)23-19(24)6-3-11-26-16-9-7-15(21)8-10-16/h2,4-5,7-10,12-13H,3,6,11H2,1H3,(H,22,23,24). The van der Waals surface area contributed by atoms with Gasteiger partial charge in [0.05, 0.1) is 19.4 Å². The molecule has 5 nitrogen and oxygen atoms in total. The van der Waals surface area contributed by atoms with Gasteiger partial charge in [0.25, 0.3) is 0 Å². The Morgan fingerprint density at radius 2 is 2.00 bits per heavy atom. The second-order valence-electron chi connectivity index (χ2n) is 5.72. The van der Waals surface area contributed by atoms with Crippen LogP contribution in [-0.4, -0.2) is 24.6 Å². The number of thiazole rings is 1. The Morgan fingerprint density at radius 1 is 1.19 bits per heavy atom. The number of nitrogens with one attached hydrogen (secondary N) is 1. The third-order valence-corrected chi connectivity index (χ3v) is 4.76. The number of hydrogen-bond donors (Lipinski definition) is 1. The van der Waals surface area contributed by atoms with Crippen LogP contribution in [0.3, 0.4) is 0 Å². The van der Waals surface area contributed by atoms with E-state index in [1.165, 1.54) is 11.3 Å². The molecule has 0 saturated carbocycles. The number of anilines is 1. The molecular formula is C20H19ClN2O3S. The van der Waals surface area contributed by atoms with Crippen molar-refractivity contribution in [2.24, 2.45) is 0 Å². The number of aromatic nitrogens is 1. The van der Waals surface area contributed by atoms with E-state index in [2.05, 4.69) is 10.3 Å². The van der Waals surface area contributed by atoms with Crippen LogP contribution in [0, 0.1) is 0 Å². The topological polar surface area (TPSA) is 60.5 Å². The van der Waals surface area contributed by atoms with Crippen molar-refractivity contribution in [2.75, 3.05) is 19.0 Å². The molecule has 0 saturated heterocycles. The minimum Gasteiger partial charge on any atom is -0.497 e. The van der Waals surface area contributed by atoms with E-state index >= 15 is 0 Å². The van der Waals surface area contributed by atoms with Crippen molar-refractivity contribution >= 4 is 34.0 Å². The zero-order valence-corrected chi connectivity index (χ0v) is 16.3. The van der Waals surface area contributed by atoms with Gasteiger partial charge in [0.2, 0.25) is 5.91 Å². The molecule has 0 unspecified atom stereocenters. The molecule has 1 aromatic heterocycles. The molecule has 1 amide bonds. The van der Waals surface area contributed by atoms with Crippen LogP contribution in [0.25, 0.3) is 11.3 Å². The van der Waals surface area contributed by atoms with Crippen LogP contribution in [0.15, 0.2) is 53.9 Å². The van der Waals surface area contributed by atoms with Crippen molar-refractivity contribution in [3.63, 3.8) is 0 Å². The summed E-state index contributed by atoms with van der Waals surface area (Å²) in [6.45, 7) is 0.460. The summed E-state index contributed by atoms with van der Waals surface area (Å²) >= 11 is 7.22. The number of rotatable bonds is 8. The van der Waals surface area contributed by atoms with E-state index < -0.39 is 0 Å². The van der Waals surface area contributed by atoms with E-state index in [-0.39, 0.29) is 5.91 Å². The molecule has 0 aliphatic heterocycles. The van der Waals surface area contributed by atoms with Gasteiger partial charge in [-0.25, -0.2) is 4.98 Å². The molecule has 0 spiro atoms. The highest BCUT2D eigenvalue weighted by atomic mass is 35.5. The molecular weight excluding hydrogens is 384 g/mol. The Kier molecular flexibility index (Phi) is 6.68. The Morgan fingerprint density at radius 3 is 2.78 bits per heavy atom. The lowest BCUT2D eigenvalue weighted by Crippen LogP contribution is -2.12. The third-order valence-electron chi connectivity index (χ3n) is 3.75. The lowest BCUT2D eigenvalue weighted by Gasteiger charge is -2.06. The molecule has 140 valence electrons. The number of benzene rings is 2. The molecule has 0 bridgehead atoms. The van der Waals surface area contributed by atoms with Gasteiger partial charge in [0.15, 0.2) is 5.13 Å². The molecule has 0 atom stereocenters. The predicted octanol–water partition coefficient (Wildman–Crippen LogP) is 5.27. The van der Waals surface area contributed by atoms with Crippen molar-refractivity contribution in [2.45, 2.75) is 12.8 Å². The first-order valence-electron chi connectivity index (χ1n) is 8.42. The molecule has 2 aromatic carbocycles. The number of ether oxygens (including phenoxy) is 2. The molecule has 0 fully saturated rings. The summed E-state index contributed by atoms with van der Waals surface area (Å²) in [5.41, 5.74) is 1.75. The minimum absolute atomic E-state index is 0.0822. The highest BCUT2D eigenvalue weighted by molar-refractivity contribution is 7.14. The average Bonchev–Trinajstić information content (AvgIpc) is 3.15. The van der Waals surface area contributed by atoms with E-state index in [0.29, 0.717) is 29.6 Å².